The summed E-state index contributed by atoms with van der Waals surface area (Å²) in [5.41, 5.74) is 7.50. The van der Waals surface area contributed by atoms with Crippen LogP contribution < -0.4 is 16.2 Å². The Labute approximate surface area is 116 Å². The predicted molar refractivity (Wildman–Crippen MR) is 76.0 cm³/mol. The molecule has 20 heavy (non-hydrogen) atoms. The molecule has 0 heterocycles. The molecular weight excluding hydrogens is 281 g/mol. The summed E-state index contributed by atoms with van der Waals surface area (Å²) in [6.07, 6.45) is 0. The molecule has 7 heteroatoms. The van der Waals surface area contributed by atoms with E-state index in [4.69, 9.17) is 10.9 Å². The number of hydrogen-bond donors (Lipinski definition) is 3. The van der Waals surface area contributed by atoms with E-state index in [1.54, 1.807) is 18.2 Å². The molecule has 5 N–H and O–H groups in total. The topological polar surface area (TPSA) is 98.2 Å². The van der Waals surface area contributed by atoms with Gasteiger partial charge in [-0.25, -0.2) is 17.9 Å². The summed E-state index contributed by atoms with van der Waals surface area (Å²) in [5, 5.41) is 8.06. The van der Waals surface area contributed by atoms with Crippen LogP contribution in [0.2, 0.25) is 0 Å². The van der Waals surface area contributed by atoms with Crippen molar-refractivity contribution in [2.45, 2.75) is 11.4 Å². The van der Waals surface area contributed by atoms with Crippen molar-refractivity contribution in [1.29, 1.82) is 0 Å². The molecule has 0 radical (unpaired) electrons. The summed E-state index contributed by atoms with van der Waals surface area (Å²) in [7, 11) is -3.76. The molecule has 0 aromatic heterocycles. The highest BCUT2D eigenvalue weighted by Crippen LogP contribution is 2.22. The molecule has 0 spiro atoms. The van der Waals surface area contributed by atoms with Gasteiger partial charge in [-0.05, 0) is 35.9 Å². The standard InChI is InChI=1S/C13H14FN3O2S/c14-10-3-1-9(2-4-10)8-17-13-6-5-11(7-12(13)15)20(16,18)19/h1-7,17H,8,15H2,(H2,16,18,19). The van der Waals surface area contributed by atoms with Crippen molar-refractivity contribution < 1.29 is 12.8 Å². The first-order valence-electron chi connectivity index (χ1n) is 5.77. The molecule has 0 aliphatic heterocycles. The minimum atomic E-state index is -3.76. The lowest BCUT2D eigenvalue weighted by Crippen LogP contribution is -2.13. The Morgan fingerprint density at radius 1 is 1.10 bits per heavy atom. The lowest BCUT2D eigenvalue weighted by molar-refractivity contribution is 0.598. The van der Waals surface area contributed by atoms with Gasteiger partial charge in [0.2, 0.25) is 10.0 Å². The second-order valence-electron chi connectivity index (χ2n) is 4.27. The Kier molecular flexibility index (Phi) is 3.91. The van der Waals surface area contributed by atoms with Crippen LogP contribution in [0.15, 0.2) is 47.4 Å². The quantitative estimate of drug-likeness (QED) is 0.747. The lowest BCUT2D eigenvalue weighted by atomic mass is 10.2. The average Bonchev–Trinajstić information content (AvgIpc) is 2.38. The number of nitrogens with one attached hydrogen (secondary N) is 1. The largest absolute Gasteiger partial charge is 0.397 e. The van der Waals surface area contributed by atoms with Crippen LogP contribution in [-0.2, 0) is 16.6 Å². The van der Waals surface area contributed by atoms with Crippen LogP contribution in [-0.4, -0.2) is 8.42 Å². The summed E-state index contributed by atoms with van der Waals surface area (Å²) >= 11 is 0. The van der Waals surface area contributed by atoms with Crippen LogP contribution in [0.1, 0.15) is 5.56 Å². The number of anilines is 2. The number of primary sulfonamides is 1. The van der Waals surface area contributed by atoms with Crippen LogP contribution in [0.4, 0.5) is 15.8 Å². The van der Waals surface area contributed by atoms with Crippen LogP contribution in [0.25, 0.3) is 0 Å². The summed E-state index contributed by atoms with van der Waals surface area (Å²) in [4.78, 5) is -0.0395. The van der Waals surface area contributed by atoms with Crippen molar-refractivity contribution in [2.24, 2.45) is 5.14 Å². The van der Waals surface area contributed by atoms with Crippen molar-refractivity contribution in [3.05, 3.63) is 53.8 Å². The maximum Gasteiger partial charge on any atom is 0.238 e. The predicted octanol–water partition coefficient (Wildman–Crippen LogP) is 1.67. The lowest BCUT2D eigenvalue weighted by Gasteiger charge is -2.10. The van der Waals surface area contributed by atoms with Gasteiger partial charge in [-0.15, -0.1) is 0 Å². The first kappa shape index (κ1) is 14.3. The highest BCUT2D eigenvalue weighted by molar-refractivity contribution is 7.89. The third-order valence-electron chi connectivity index (χ3n) is 2.75. The fourth-order valence-electron chi connectivity index (χ4n) is 1.68. The average molecular weight is 295 g/mol. The fourth-order valence-corrected chi connectivity index (χ4v) is 2.23. The molecular formula is C13H14FN3O2S. The third kappa shape index (κ3) is 3.46. The van der Waals surface area contributed by atoms with E-state index in [0.29, 0.717) is 12.2 Å². The molecule has 0 saturated carbocycles. The van der Waals surface area contributed by atoms with Gasteiger partial charge in [0.15, 0.2) is 0 Å². The number of hydrogen-bond acceptors (Lipinski definition) is 4. The van der Waals surface area contributed by atoms with E-state index in [0.717, 1.165) is 5.56 Å². The number of sulfonamides is 1. The highest BCUT2D eigenvalue weighted by atomic mass is 32.2. The molecule has 0 aliphatic rings. The third-order valence-corrected chi connectivity index (χ3v) is 3.66. The zero-order valence-corrected chi connectivity index (χ0v) is 11.3. The van der Waals surface area contributed by atoms with Crippen LogP contribution in [0, 0.1) is 5.82 Å². The molecule has 2 rings (SSSR count). The fraction of sp³-hybridized carbons (Fsp3) is 0.0769. The monoisotopic (exact) mass is 295 g/mol. The molecule has 0 atom stereocenters. The number of nitrogen functional groups attached to an aromatic ring is 1. The van der Waals surface area contributed by atoms with Gasteiger partial charge < -0.3 is 11.1 Å². The van der Waals surface area contributed by atoms with Crippen molar-refractivity contribution in [1.82, 2.24) is 0 Å². The van der Waals surface area contributed by atoms with Gasteiger partial charge in [-0.2, -0.15) is 0 Å². The molecule has 2 aromatic rings. The van der Waals surface area contributed by atoms with Crippen LogP contribution in [0.5, 0.6) is 0 Å². The number of benzene rings is 2. The van der Waals surface area contributed by atoms with E-state index in [2.05, 4.69) is 5.32 Å². The first-order chi connectivity index (χ1) is 9.36. The SMILES string of the molecule is Nc1cc(S(N)(=O)=O)ccc1NCc1ccc(F)cc1. The second kappa shape index (κ2) is 5.48. The molecule has 0 aliphatic carbocycles. The van der Waals surface area contributed by atoms with E-state index < -0.39 is 10.0 Å². The Hall–Kier alpha value is -2.12. The molecule has 0 amide bonds. The van der Waals surface area contributed by atoms with Gasteiger partial charge in [-0.1, -0.05) is 12.1 Å². The maximum atomic E-state index is 12.8. The van der Waals surface area contributed by atoms with Crippen molar-refractivity contribution in [3.8, 4) is 0 Å². The van der Waals surface area contributed by atoms with Crippen LogP contribution >= 0.6 is 0 Å². The maximum absolute atomic E-state index is 12.8. The smallest absolute Gasteiger partial charge is 0.238 e. The molecule has 0 fully saturated rings. The number of rotatable bonds is 4. The molecule has 0 bridgehead atoms. The summed E-state index contributed by atoms with van der Waals surface area (Å²) < 4.78 is 35.1. The summed E-state index contributed by atoms with van der Waals surface area (Å²) in [6, 6.07) is 10.2. The van der Waals surface area contributed by atoms with E-state index in [-0.39, 0.29) is 16.4 Å². The van der Waals surface area contributed by atoms with Crippen LogP contribution in [0.3, 0.4) is 0 Å². The van der Waals surface area contributed by atoms with E-state index in [1.807, 2.05) is 0 Å². The summed E-state index contributed by atoms with van der Waals surface area (Å²) in [6.45, 7) is 0.444. The minimum absolute atomic E-state index is 0.0395. The van der Waals surface area contributed by atoms with E-state index >= 15 is 0 Å². The van der Waals surface area contributed by atoms with Gasteiger partial charge in [0.25, 0.3) is 0 Å². The number of nitrogens with two attached hydrogens (primary N) is 2. The van der Waals surface area contributed by atoms with Gasteiger partial charge in [0, 0.05) is 6.54 Å². The Morgan fingerprint density at radius 2 is 1.75 bits per heavy atom. The molecule has 0 unspecified atom stereocenters. The van der Waals surface area contributed by atoms with Gasteiger partial charge >= 0.3 is 0 Å². The van der Waals surface area contributed by atoms with E-state index in [1.165, 1.54) is 24.3 Å². The summed E-state index contributed by atoms with van der Waals surface area (Å²) in [5.74, 6) is -0.300. The second-order valence-corrected chi connectivity index (χ2v) is 5.84. The molecule has 5 nitrogen and oxygen atoms in total. The zero-order valence-electron chi connectivity index (χ0n) is 10.5. The Balaban J connectivity index is 2.12. The van der Waals surface area contributed by atoms with Gasteiger partial charge in [-0.3, -0.25) is 0 Å². The zero-order chi connectivity index (χ0) is 14.8. The van der Waals surface area contributed by atoms with Crippen molar-refractivity contribution in [2.75, 3.05) is 11.1 Å². The van der Waals surface area contributed by atoms with E-state index in [9.17, 15) is 12.8 Å². The van der Waals surface area contributed by atoms with Crippen molar-refractivity contribution >= 4 is 21.4 Å². The Bertz CT molecular complexity index is 715. The first-order valence-corrected chi connectivity index (χ1v) is 7.31. The molecule has 2 aromatic carbocycles. The van der Waals surface area contributed by atoms with Gasteiger partial charge in [0.05, 0.1) is 16.3 Å². The normalized spacial score (nSPS) is 11.3. The molecule has 0 saturated heterocycles. The van der Waals surface area contributed by atoms with Gasteiger partial charge in [0.1, 0.15) is 5.82 Å². The minimum Gasteiger partial charge on any atom is -0.397 e. The Morgan fingerprint density at radius 3 is 2.30 bits per heavy atom. The molecule has 106 valence electrons. The highest BCUT2D eigenvalue weighted by Gasteiger charge is 2.09. The number of halogens is 1. The van der Waals surface area contributed by atoms with Crippen molar-refractivity contribution in [3.63, 3.8) is 0 Å².